The molecule has 0 aliphatic carbocycles. The molecule has 0 saturated heterocycles. The van der Waals surface area contributed by atoms with E-state index in [1.807, 2.05) is 30.3 Å². The van der Waals surface area contributed by atoms with Crippen molar-refractivity contribution in [3.63, 3.8) is 0 Å². The molecule has 0 radical (unpaired) electrons. The number of alkyl halides is 6. The Hall–Kier alpha value is -3.47. The topological polar surface area (TPSA) is 52.6 Å². The molecule has 196 valence electrons. The zero-order valence-electron chi connectivity index (χ0n) is 19.5. The molecule has 0 bridgehead atoms. The van der Waals surface area contributed by atoms with E-state index in [-0.39, 0.29) is 11.1 Å². The summed E-state index contributed by atoms with van der Waals surface area (Å²) in [5, 5.41) is 0. The summed E-state index contributed by atoms with van der Waals surface area (Å²) < 4.78 is 85.2. The Bertz CT molecular complexity index is 1130. The number of benzene rings is 3. The van der Waals surface area contributed by atoms with Crippen LogP contribution in [0.15, 0.2) is 93.5 Å². The number of hydrogen-bond acceptors (Lipinski definition) is 4. The highest BCUT2D eigenvalue weighted by molar-refractivity contribution is 7.97. The predicted octanol–water partition coefficient (Wildman–Crippen LogP) is 7.00. The summed E-state index contributed by atoms with van der Waals surface area (Å²) in [5.41, 5.74) is -0.123. The standard InChI is InChI=1S/C26H21F6O4S/c1-16(25(27,28)29)35-23(33)18-8-12-21(13-9-18)37(20-6-4-3-5-7-20)22-14-10-19(11-15-22)24(34)36-17(2)26(30,31)32/h3-17H,1-2H3/q+1. The van der Waals surface area contributed by atoms with Gasteiger partial charge >= 0.3 is 24.3 Å². The Balaban J connectivity index is 1.87. The van der Waals surface area contributed by atoms with Gasteiger partial charge in [-0.15, -0.1) is 0 Å². The summed E-state index contributed by atoms with van der Waals surface area (Å²) >= 11 is 0. The van der Waals surface area contributed by atoms with E-state index in [1.54, 1.807) is 24.3 Å². The second kappa shape index (κ2) is 11.3. The lowest BCUT2D eigenvalue weighted by molar-refractivity contribution is -0.198. The fourth-order valence-corrected chi connectivity index (χ4v) is 5.07. The van der Waals surface area contributed by atoms with Crippen LogP contribution >= 0.6 is 0 Å². The van der Waals surface area contributed by atoms with Crippen LogP contribution < -0.4 is 0 Å². The number of carbonyl (C=O) groups is 2. The van der Waals surface area contributed by atoms with Crippen molar-refractivity contribution in [2.45, 2.75) is 53.1 Å². The maximum absolute atomic E-state index is 12.7. The van der Waals surface area contributed by atoms with Crippen LogP contribution in [-0.2, 0) is 20.4 Å². The Labute approximate surface area is 211 Å². The van der Waals surface area contributed by atoms with Gasteiger partial charge in [0.25, 0.3) is 0 Å². The molecule has 37 heavy (non-hydrogen) atoms. The molecule has 0 heterocycles. The molecule has 0 aromatic heterocycles. The van der Waals surface area contributed by atoms with Crippen molar-refractivity contribution in [1.29, 1.82) is 0 Å². The smallest absolute Gasteiger partial charge is 0.425 e. The van der Waals surface area contributed by atoms with E-state index in [2.05, 4.69) is 9.47 Å². The van der Waals surface area contributed by atoms with Gasteiger partial charge in [0.2, 0.25) is 0 Å². The van der Waals surface area contributed by atoms with Crippen molar-refractivity contribution in [1.82, 2.24) is 0 Å². The van der Waals surface area contributed by atoms with E-state index in [0.717, 1.165) is 18.7 Å². The van der Waals surface area contributed by atoms with Gasteiger partial charge in [-0.25, -0.2) is 9.59 Å². The Morgan fingerprint density at radius 1 is 0.595 bits per heavy atom. The van der Waals surface area contributed by atoms with Gasteiger partial charge in [0.15, 0.2) is 26.9 Å². The highest BCUT2D eigenvalue weighted by Gasteiger charge is 2.40. The van der Waals surface area contributed by atoms with Crippen LogP contribution in [-0.4, -0.2) is 36.5 Å². The molecular formula is C26H21F6O4S+. The fourth-order valence-electron chi connectivity index (χ4n) is 3.01. The molecule has 0 fully saturated rings. The zero-order valence-corrected chi connectivity index (χ0v) is 20.3. The SMILES string of the molecule is CC(OC(=O)c1ccc([S+](c2ccccc2)c2ccc(C(=O)OC(C)C(F)(F)F)cc2)cc1)C(F)(F)F. The van der Waals surface area contributed by atoms with Gasteiger partial charge in [0.05, 0.1) is 22.0 Å². The first-order valence-corrected chi connectivity index (χ1v) is 12.0. The number of rotatable bonds is 7. The average molecular weight is 544 g/mol. The van der Waals surface area contributed by atoms with Gasteiger partial charge < -0.3 is 9.47 Å². The van der Waals surface area contributed by atoms with Crippen molar-refractivity contribution in [2.24, 2.45) is 0 Å². The molecular weight excluding hydrogens is 522 g/mol. The summed E-state index contributed by atoms with van der Waals surface area (Å²) in [6.07, 6.45) is -13.9. The largest absolute Gasteiger partial charge is 0.449 e. The van der Waals surface area contributed by atoms with Gasteiger partial charge in [-0.3, -0.25) is 0 Å². The molecule has 2 unspecified atom stereocenters. The monoisotopic (exact) mass is 543 g/mol. The number of ether oxygens (including phenoxy) is 2. The van der Waals surface area contributed by atoms with E-state index in [0.29, 0.717) is 9.79 Å². The maximum Gasteiger partial charge on any atom is 0.425 e. The normalized spacial score (nSPS) is 14.4. The van der Waals surface area contributed by atoms with Crippen molar-refractivity contribution in [3.8, 4) is 0 Å². The van der Waals surface area contributed by atoms with Gasteiger partial charge in [-0.05, 0) is 74.5 Å². The van der Waals surface area contributed by atoms with Crippen molar-refractivity contribution in [2.75, 3.05) is 0 Å². The van der Waals surface area contributed by atoms with Crippen LogP contribution in [0.4, 0.5) is 26.3 Å². The van der Waals surface area contributed by atoms with Crippen LogP contribution in [0.3, 0.4) is 0 Å². The number of esters is 2. The minimum Gasteiger partial charge on any atom is -0.449 e. The minimum absolute atomic E-state index is 0.0617. The molecule has 4 nitrogen and oxygen atoms in total. The van der Waals surface area contributed by atoms with Crippen LogP contribution in [0, 0.1) is 0 Å². The van der Waals surface area contributed by atoms with E-state index in [9.17, 15) is 35.9 Å². The molecule has 3 aromatic carbocycles. The fraction of sp³-hybridized carbons (Fsp3) is 0.231. The summed E-state index contributed by atoms with van der Waals surface area (Å²) in [5.74, 6) is -2.24. The second-order valence-corrected chi connectivity index (χ2v) is 9.87. The highest BCUT2D eigenvalue weighted by atomic mass is 32.2. The van der Waals surface area contributed by atoms with E-state index in [4.69, 9.17) is 0 Å². The molecule has 0 spiro atoms. The second-order valence-electron chi connectivity index (χ2n) is 7.85. The third-order valence-electron chi connectivity index (χ3n) is 5.12. The number of carbonyl (C=O) groups excluding carboxylic acids is 2. The Morgan fingerprint density at radius 2 is 0.919 bits per heavy atom. The quantitative estimate of drug-likeness (QED) is 0.183. The van der Waals surface area contributed by atoms with E-state index in [1.165, 1.54) is 24.3 Å². The van der Waals surface area contributed by atoms with Crippen molar-refractivity contribution < 1.29 is 45.4 Å². The first-order valence-electron chi connectivity index (χ1n) is 10.8. The average Bonchev–Trinajstić information content (AvgIpc) is 2.84. The van der Waals surface area contributed by atoms with Crippen molar-refractivity contribution >= 4 is 22.8 Å². The molecule has 0 amide bonds. The van der Waals surface area contributed by atoms with Gasteiger partial charge in [0.1, 0.15) is 0 Å². The predicted molar refractivity (Wildman–Crippen MR) is 123 cm³/mol. The highest BCUT2D eigenvalue weighted by Crippen LogP contribution is 2.32. The first kappa shape index (κ1) is 28.1. The summed E-state index contributed by atoms with van der Waals surface area (Å²) in [4.78, 5) is 26.5. The molecule has 11 heteroatoms. The van der Waals surface area contributed by atoms with E-state index >= 15 is 0 Å². The molecule has 2 atom stereocenters. The van der Waals surface area contributed by atoms with Gasteiger partial charge in [0, 0.05) is 0 Å². The maximum atomic E-state index is 12.7. The van der Waals surface area contributed by atoms with Crippen LogP contribution in [0.25, 0.3) is 0 Å². The lowest BCUT2D eigenvalue weighted by Crippen LogP contribution is -2.30. The van der Waals surface area contributed by atoms with Crippen molar-refractivity contribution in [3.05, 3.63) is 90.0 Å². The summed E-state index contributed by atoms with van der Waals surface area (Å²) in [6, 6.07) is 20.9. The van der Waals surface area contributed by atoms with Crippen LogP contribution in [0.2, 0.25) is 0 Å². The summed E-state index contributed by atoms with van der Waals surface area (Å²) in [6.45, 7) is 1.48. The van der Waals surface area contributed by atoms with Gasteiger partial charge in [-0.1, -0.05) is 18.2 Å². The molecule has 3 rings (SSSR count). The molecule has 0 saturated carbocycles. The number of halogens is 6. The molecule has 3 aromatic rings. The Morgan fingerprint density at radius 3 is 1.24 bits per heavy atom. The van der Waals surface area contributed by atoms with Gasteiger partial charge in [-0.2, -0.15) is 26.3 Å². The first-order chi connectivity index (χ1) is 17.3. The minimum atomic E-state index is -4.68. The molecule has 0 aliphatic heterocycles. The molecule has 0 N–H and O–H groups in total. The van der Waals surface area contributed by atoms with Crippen LogP contribution in [0.1, 0.15) is 34.6 Å². The lowest BCUT2D eigenvalue weighted by Gasteiger charge is -2.16. The van der Waals surface area contributed by atoms with E-state index < -0.39 is 47.4 Å². The molecule has 0 aliphatic rings. The third-order valence-corrected chi connectivity index (χ3v) is 7.35. The van der Waals surface area contributed by atoms with Crippen LogP contribution in [0.5, 0.6) is 0 Å². The number of hydrogen-bond donors (Lipinski definition) is 0. The zero-order chi connectivity index (χ0) is 27.4. The summed E-state index contributed by atoms with van der Waals surface area (Å²) in [7, 11) is -0.771. The third kappa shape index (κ3) is 7.28. The lowest BCUT2D eigenvalue weighted by atomic mass is 10.2. The Kier molecular flexibility index (Phi) is 8.57.